The van der Waals surface area contributed by atoms with Crippen molar-refractivity contribution in [1.82, 2.24) is 19.7 Å². The molecule has 2 bridgehead atoms. The van der Waals surface area contributed by atoms with Gasteiger partial charge in [0.2, 0.25) is 5.91 Å². The number of amides is 2. The average molecular weight is 684 g/mol. The molecular weight excluding hydrogens is 630 g/mol. The Kier molecular flexibility index (Phi) is 9.20. The number of carbonyl (C=O) groups is 2. The number of hydrogen-bond acceptors (Lipinski definition) is 7. The van der Waals surface area contributed by atoms with E-state index in [1.54, 1.807) is 7.11 Å². The molecule has 3 aromatic rings. The van der Waals surface area contributed by atoms with Crippen molar-refractivity contribution in [1.29, 1.82) is 0 Å². The number of rotatable bonds is 8. The number of nitrogens with zero attached hydrogens (tertiary/aromatic N) is 5. The first-order valence-electron chi connectivity index (χ1n) is 18.5. The van der Waals surface area contributed by atoms with Gasteiger partial charge in [0.1, 0.15) is 17.7 Å². The van der Waals surface area contributed by atoms with E-state index in [-0.39, 0.29) is 40.4 Å². The van der Waals surface area contributed by atoms with Crippen LogP contribution in [0.15, 0.2) is 48.8 Å². The molecule has 0 spiro atoms. The molecule has 2 aromatic heterocycles. The Balaban J connectivity index is 1.10. The topological polar surface area (TPSA) is 110 Å². The summed E-state index contributed by atoms with van der Waals surface area (Å²) >= 11 is 0. The lowest BCUT2D eigenvalue weighted by molar-refractivity contribution is -0.124. The van der Waals surface area contributed by atoms with E-state index in [0.717, 1.165) is 55.5 Å². The van der Waals surface area contributed by atoms with Gasteiger partial charge in [-0.25, -0.2) is 9.78 Å². The number of carbonyl (C=O) groups excluding carboxylic acids is 2. The van der Waals surface area contributed by atoms with Crippen molar-refractivity contribution in [3.8, 4) is 17.0 Å². The van der Waals surface area contributed by atoms with Crippen molar-refractivity contribution in [2.75, 3.05) is 31.6 Å². The second-order valence-electron chi connectivity index (χ2n) is 16.5. The summed E-state index contributed by atoms with van der Waals surface area (Å²) in [6.07, 6.45) is 12.1. The van der Waals surface area contributed by atoms with Crippen molar-refractivity contribution in [2.24, 2.45) is 11.3 Å². The van der Waals surface area contributed by atoms with Gasteiger partial charge in [-0.2, -0.15) is 5.10 Å². The lowest BCUT2D eigenvalue weighted by atomic mass is 9.51. The van der Waals surface area contributed by atoms with E-state index in [9.17, 15) is 14.7 Å². The molecule has 0 unspecified atom stereocenters. The van der Waals surface area contributed by atoms with E-state index in [4.69, 9.17) is 14.5 Å². The highest BCUT2D eigenvalue weighted by atomic mass is 16.6. The number of β-amino-alcohol motifs (C(OH)–C–C–N with tert-alkyl or cyclic N) is 1. The molecule has 268 valence electrons. The maximum Gasteiger partial charge on any atom is 0.410 e. The van der Waals surface area contributed by atoms with Gasteiger partial charge >= 0.3 is 6.09 Å². The number of aliphatic hydroxyl groups is 1. The molecule has 0 radical (unpaired) electrons. The molecule has 10 nitrogen and oxygen atoms in total. The fraction of sp³-hybridized carbons (Fsp3) is 0.600. The Morgan fingerprint density at radius 1 is 1.00 bits per heavy atom. The third kappa shape index (κ3) is 6.75. The van der Waals surface area contributed by atoms with Crippen molar-refractivity contribution >= 4 is 17.8 Å². The SMILES string of the molecule is COc1ccc(C23CCC(CN(C(=O)C4CCC(OC(=O)N5CC(O)C5)CC4)c4cccc(-c5cnn(C(C)(C)C)c5)n4)(CC2)CC3)cc1C. The Morgan fingerprint density at radius 3 is 2.30 bits per heavy atom. The zero-order chi connectivity index (χ0) is 35.3. The highest BCUT2D eigenvalue weighted by molar-refractivity contribution is 5.94. The lowest BCUT2D eigenvalue weighted by Gasteiger charge is -2.55. The Hall–Kier alpha value is -3.92. The number of methoxy groups -OCH3 is 1. The highest BCUT2D eigenvalue weighted by Crippen LogP contribution is 2.58. The zero-order valence-corrected chi connectivity index (χ0v) is 30.4. The standard InChI is InChI=1S/C40H53N5O5/c1-27-21-30(11-14-34(27)49-5)40-18-15-39(16-19-40,17-20-40)26-44(35-8-6-7-33(42-35)29-22-41-45(23-29)38(2,3)4)36(47)28-9-12-32(13-10-28)50-37(48)43-24-31(46)25-43/h6-8,11,14,21-23,28,31-32,46H,9-10,12-13,15-20,24-26H2,1-5H3. The molecule has 1 saturated heterocycles. The molecule has 5 aliphatic rings. The molecule has 1 aliphatic heterocycles. The van der Waals surface area contributed by atoms with E-state index < -0.39 is 6.10 Å². The first-order chi connectivity index (χ1) is 23.9. The predicted octanol–water partition coefficient (Wildman–Crippen LogP) is 7.01. The fourth-order valence-electron chi connectivity index (χ4n) is 8.77. The molecule has 10 heteroatoms. The van der Waals surface area contributed by atoms with Crippen molar-refractivity contribution in [2.45, 2.75) is 115 Å². The number of pyridine rings is 1. The van der Waals surface area contributed by atoms with Crippen molar-refractivity contribution in [3.63, 3.8) is 0 Å². The van der Waals surface area contributed by atoms with Crippen LogP contribution in [-0.4, -0.2) is 75.7 Å². The quantitative estimate of drug-likeness (QED) is 0.272. The molecule has 8 rings (SSSR count). The maximum absolute atomic E-state index is 14.7. The second kappa shape index (κ2) is 13.3. The summed E-state index contributed by atoms with van der Waals surface area (Å²) in [5, 5.41) is 14.2. The largest absolute Gasteiger partial charge is 0.496 e. The Morgan fingerprint density at radius 2 is 1.70 bits per heavy atom. The van der Waals surface area contributed by atoms with Crippen LogP contribution in [0, 0.1) is 18.3 Å². The van der Waals surface area contributed by atoms with E-state index in [2.05, 4.69) is 51.0 Å². The number of aryl methyl sites for hydroxylation is 1. The van der Waals surface area contributed by atoms with Crippen LogP contribution in [-0.2, 0) is 20.5 Å². The molecule has 1 aromatic carbocycles. The number of benzene rings is 1. The number of aliphatic hydroxyl groups excluding tert-OH is 1. The normalized spacial score (nSPS) is 26.7. The summed E-state index contributed by atoms with van der Waals surface area (Å²) in [6.45, 7) is 9.81. The van der Waals surface area contributed by atoms with Gasteiger partial charge in [0, 0.05) is 24.2 Å². The zero-order valence-electron chi connectivity index (χ0n) is 30.4. The van der Waals surface area contributed by atoms with Gasteiger partial charge in [0.25, 0.3) is 0 Å². The highest BCUT2D eigenvalue weighted by Gasteiger charge is 2.51. The molecular formula is C40H53N5O5. The Bertz CT molecular complexity index is 1690. The van der Waals surface area contributed by atoms with Gasteiger partial charge < -0.3 is 19.5 Å². The number of aromatic nitrogens is 3. The van der Waals surface area contributed by atoms with Gasteiger partial charge in [-0.05, 0) is 132 Å². The summed E-state index contributed by atoms with van der Waals surface area (Å²) in [5.41, 5.74) is 4.42. The first kappa shape index (κ1) is 34.5. The molecule has 3 heterocycles. The summed E-state index contributed by atoms with van der Waals surface area (Å²) in [5.74, 6) is 1.60. The number of likely N-dealkylation sites (tertiary alicyclic amines) is 1. The van der Waals surface area contributed by atoms with Gasteiger partial charge in [0.05, 0.1) is 43.7 Å². The van der Waals surface area contributed by atoms with E-state index in [1.807, 2.05) is 40.2 Å². The summed E-state index contributed by atoms with van der Waals surface area (Å²) in [4.78, 5) is 35.8. The molecule has 0 atom stereocenters. The lowest BCUT2D eigenvalue weighted by Crippen LogP contribution is -2.54. The van der Waals surface area contributed by atoms with Crippen LogP contribution in [0.2, 0.25) is 0 Å². The Labute approximate surface area is 296 Å². The minimum absolute atomic E-state index is 0.0439. The number of fused-ring (bicyclic) bond motifs is 3. The van der Waals surface area contributed by atoms with Gasteiger partial charge in [-0.3, -0.25) is 14.4 Å². The summed E-state index contributed by atoms with van der Waals surface area (Å²) in [6, 6.07) is 12.7. The second-order valence-corrected chi connectivity index (χ2v) is 16.5. The van der Waals surface area contributed by atoms with Crippen LogP contribution in [0.1, 0.15) is 96.1 Å². The minimum Gasteiger partial charge on any atom is -0.496 e. The third-order valence-corrected chi connectivity index (χ3v) is 12.2. The van der Waals surface area contributed by atoms with Crippen LogP contribution in [0.25, 0.3) is 11.3 Å². The van der Waals surface area contributed by atoms with Crippen LogP contribution in [0.5, 0.6) is 5.75 Å². The molecule has 4 aliphatic carbocycles. The minimum atomic E-state index is -0.459. The number of hydrogen-bond donors (Lipinski definition) is 1. The van der Waals surface area contributed by atoms with Crippen LogP contribution in [0.4, 0.5) is 10.6 Å². The average Bonchev–Trinajstić information content (AvgIpc) is 3.62. The third-order valence-electron chi connectivity index (χ3n) is 12.2. The summed E-state index contributed by atoms with van der Waals surface area (Å²) in [7, 11) is 1.73. The van der Waals surface area contributed by atoms with Gasteiger partial charge in [0.15, 0.2) is 0 Å². The van der Waals surface area contributed by atoms with Gasteiger partial charge in [-0.15, -0.1) is 0 Å². The monoisotopic (exact) mass is 683 g/mol. The van der Waals surface area contributed by atoms with E-state index >= 15 is 0 Å². The maximum atomic E-state index is 14.7. The van der Waals surface area contributed by atoms with Crippen LogP contribution in [0.3, 0.4) is 0 Å². The van der Waals surface area contributed by atoms with Crippen LogP contribution < -0.4 is 9.64 Å². The predicted molar refractivity (Wildman–Crippen MR) is 192 cm³/mol. The fourth-order valence-corrected chi connectivity index (χ4v) is 8.77. The van der Waals surface area contributed by atoms with Crippen molar-refractivity contribution in [3.05, 3.63) is 59.9 Å². The first-order valence-corrected chi connectivity index (χ1v) is 18.5. The van der Waals surface area contributed by atoms with Crippen molar-refractivity contribution < 1.29 is 24.2 Å². The van der Waals surface area contributed by atoms with Gasteiger partial charge in [-0.1, -0.05) is 18.2 Å². The smallest absolute Gasteiger partial charge is 0.410 e. The molecule has 4 saturated carbocycles. The molecule has 50 heavy (non-hydrogen) atoms. The molecule has 1 N–H and O–H groups in total. The number of ether oxygens (including phenoxy) is 2. The molecule has 2 amide bonds. The van der Waals surface area contributed by atoms with E-state index in [0.29, 0.717) is 51.1 Å². The van der Waals surface area contributed by atoms with Crippen LogP contribution >= 0.6 is 0 Å². The molecule has 5 fully saturated rings. The number of anilines is 1. The van der Waals surface area contributed by atoms with E-state index in [1.165, 1.54) is 16.0 Å². The summed E-state index contributed by atoms with van der Waals surface area (Å²) < 4.78 is 13.3.